The summed E-state index contributed by atoms with van der Waals surface area (Å²) in [5.74, 6) is -0.140. The van der Waals surface area contributed by atoms with E-state index in [2.05, 4.69) is 36.3 Å². The molecule has 194 valence electrons. The Morgan fingerprint density at radius 2 is 1.62 bits per heavy atom. The van der Waals surface area contributed by atoms with Crippen molar-refractivity contribution in [1.82, 2.24) is 15.2 Å². The second-order valence-corrected chi connectivity index (χ2v) is 10.3. The van der Waals surface area contributed by atoms with Crippen molar-refractivity contribution in [3.63, 3.8) is 0 Å². The maximum Gasteiger partial charge on any atom is 0.243 e. The van der Waals surface area contributed by atoms with E-state index in [0.717, 1.165) is 28.1 Å². The van der Waals surface area contributed by atoms with Crippen LogP contribution in [0.25, 0.3) is 0 Å². The summed E-state index contributed by atoms with van der Waals surface area (Å²) in [6, 6.07) is 20.6. The fourth-order valence-corrected chi connectivity index (χ4v) is 4.99. The first kappa shape index (κ1) is 26.5. The smallest absolute Gasteiger partial charge is 0.243 e. The van der Waals surface area contributed by atoms with Crippen molar-refractivity contribution in [1.29, 1.82) is 0 Å². The third kappa shape index (κ3) is 6.43. The quantitative estimate of drug-likeness (QED) is 0.437. The van der Waals surface area contributed by atoms with Crippen LogP contribution in [0.4, 0.5) is 4.39 Å². The first-order valence-corrected chi connectivity index (χ1v) is 13.0. The van der Waals surface area contributed by atoms with E-state index in [-0.39, 0.29) is 31.2 Å². The SMILES string of the molecule is Cc1ccc(CCC(=O)N2C[C@H](F)C[C@H]2C(=O)N[C@@H](c2ccccc2)c2ccc(C(C)C)cc2)c(C)n1. The van der Waals surface area contributed by atoms with Gasteiger partial charge in [0, 0.05) is 24.2 Å². The lowest BCUT2D eigenvalue weighted by Gasteiger charge is -2.27. The highest BCUT2D eigenvalue weighted by Gasteiger charge is 2.40. The normalized spacial score (nSPS) is 18.2. The lowest BCUT2D eigenvalue weighted by Crippen LogP contribution is -2.47. The Morgan fingerprint density at radius 3 is 2.27 bits per heavy atom. The van der Waals surface area contributed by atoms with Gasteiger partial charge in [-0.25, -0.2) is 4.39 Å². The molecule has 1 N–H and O–H groups in total. The summed E-state index contributed by atoms with van der Waals surface area (Å²) < 4.78 is 14.5. The number of benzene rings is 2. The number of aromatic nitrogens is 1. The maximum atomic E-state index is 14.5. The monoisotopic (exact) mass is 501 g/mol. The van der Waals surface area contributed by atoms with Gasteiger partial charge in [0.05, 0.1) is 12.6 Å². The Bertz CT molecular complexity index is 1230. The second kappa shape index (κ2) is 11.7. The van der Waals surface area contributed by atoms with Crippen LogP contribution < -0.4 is 5.32 Å². The van der Waals surface area contributed by atoms with Gasteiger partial charge in [-0.1, -0.05) is 74.5 Å². The minimum Gasteiger partial charge on any atom is -0.343 e. The number of hydrogen-bond donors (Lipinski definition) is 1. The minimum absolute atomic E-state index is 0.0104. The number of pyridine rings is 1. The van der Waals surface area contributed by atoms with Gasteiger partial charge in [-0.2, -0.15) is 0 Å². The van der Waals surface area contributed by atoms with Crippen LogP contribution in [0, 0.1) is 13.8 Å². The van der Waals surface area contributed by atoms with Crippen molar-refractivity contribution in [2.45, 2.75) is 71.1 Å². The van der Waals surface area contributed by atoms with Gasteiger partial charge in [-0.05, 0) is 54.5 Å². The molecule has 0 spiro atoms. The predicted octanol–water partition coefficient (Wildman–Crippen LogP) is 5.60. The largest absolute Gasteiger partial charge is 0.343 e. The van der Waals surface area contributed by atoms with Crippen molar-refractivity contribution in [3.05, 3.63) is 100 Å². The number of nitrogens with zero attached hydrogens (tertiary/aromatic N) is 2. The molecule has 0 bridgehead atoms. The van der Waals surface area contributed by atoms with Crippen LogP contribution in [0.2, 0.25) is 0 Å². The molecule has 5 nitrogen and oxygen atoms in total. The molecule has 3 aromatic rings. The van der Waals surface area contributed by atoms with Crippen molar-refractivity contribution in [3.8, 4) is 0 Å². The van der Waals surface area contributed by atoms with E-state index in [0.29, 0.717) is 12.3 Å². The molecular weight excluding hydrogens is 465 g/mol. The van der Waals surface area contributed by atoms with Crippen LogP contribution in [0.15, 0.2) is 66.7 Å². The molecule has 1 saturated heterocycles. The van der Waals surface area contributed by atoms with Crippen LogP contribution >= 0.6 is 0 Å². The van der Waals surface area contributed by atoms with E-state index < -0.39 is 18.3 Å². The van der Waals surface area contributed by atoms with E-state index >= 15 is 0 Å². The highest BCUT2D eigenvalue weighted by molar-refractivity contribution is 5.89. The molecule has 3 atom stereocenters. The van der Waals surface area contributed by atoms with Gasteiger partial charge in [-0.3, -0.25) is 14.6 Å². The summed E-state index contributed by atoms with van der Waals surface area (Å²) in [7, 11) is 0. The zero-order valence-electron chi connectivity index (χ0n) is 22.1. The number of alkyl halides is 1. The molecule has 2 aromatic carbocycles. The van der Waals surface area contributed by atoms with Gasteiger partial charge >= 0.3 is 0 Å². The molecule has 0 aliphatic carbocycles. The number of carbonyl (C=O) groups excluding carboxylic acids is 2. The highest BCUT2D eigenvalue weighted by atomic mass is 19.1. The molecular formula is C31H36FN3O2. The van der Waals surface area contributed by atoms with Crippen LogP contribution in [0.3, 0.4) is 0 Å². The fourth-order valence-electron chi connectivity index (χ4n) is 4.99. The van der Waals surface area contributed by atoms with Crippen molar-refractivity contribution in [2.24, 2.45) is 0 Å². The van der Waals surface area contributed by atoms with Crippen LogP contribution in [0.1, 0.15) is 72.3 Å². The van der Waals surface area contributed by atoms with Gasteiger partial charge in [0.15, 0.2) is 0 Å². The molecule has 37 heavy (non-hydrogen) atoms. The summed E-state index contributed by atoms with van der Waals surface area (Å²) in [6.07, 6.45) is -0.491. The van der Waals surface area contributed by atoms with Crippen LogP contribution in [-0.2, 0) is 16.0 Å². The number of carbonyl (C=O) groups is 2. The highest BCUT2D eigenvalue weighted by Crippen LogP contribution is 2.27. The Labute approximate surface area is 219 Å². The fraction of sp³-hybridized carbons (Fsp3) is 0.387. The van der Waals surface area contributed by atoms with Crippen LogP contribution in [-0.4, -0.2) is 40.5 Å². The Kier molecular flexibility index (Phi) is 8.37. The van der Waals surface area contributed by atoms with Gasteiger partial charge in [0.1, 0.15) is 12.2 Å². The van der Waals surface area contributed by atoms with Gasteiger partial charge in [-0.15, -0.1) is 0 Å². The van der Waals surface area contributed by atoms with E-state index in [1.165, 1.54) is 10.5 Å². The zero-order chi connectivity index (χ0) is 26.5. The van der Waals surface area contributed by atoms with E-state index in [1.807, 2.05) is 68.4 Å². The van der Waals surface area contributed by atoms with Crippen molar-refractivity contribution >= 4 is 11.8 Å². The number of rotatable bonds is 8. The molecule has 2 amide bonds. The van der Waals surface area contributed by atoms with E-state index in [4.69, 9.17) is 0 Å². The van der Waals surface area contributed by atoms with Crippen LogP contribution in [0.5, 0.6) is 0 Å². The molecule has 1 fully saturated rings. The topological polar surface area (TPSA) is 62.3 Å². The number of nitrogens with one attached hydrogen (secondary N) is 1. The molecule has 0 unspecified atom stereocenters. The number of likely N-dealkylation sites (tertiary alicyclic amines) is 1. The number of amides is 2. The van der Waals surface area contributed by atoms with Gasteiger partial charge in [0.25, 0.3) is 0 Å². The summed E-state index contributed by atoms with van der Waals surface area (Å²) in [5, 5.41) is 3.13. The third-order valence-electron chi connectivity index (χ3n) is 7.17. The first-order chi connectivity index (χ1) is 17.7. The Hall–Kier alpha value is -3.54. The maximum absolute atomic E-state index is 14.5. The average Bonchev–Trinajstić information content (AvgIpc) is 3.29. The molecule has 1 aliphatic heterocycles. The standard InChI is InChI=1S/C31H36FN3O2/c1-20(2)23-12-14-26(15-13-23)30(25-8-6-5-7-9-25)34-31(37)28-18-27(32)19-35(28)29(36)17-16-24-11-10-21(3)33-22(24)4/h5-15,20,27-28,30H,16-19H2,1-4H3,(H,34,37)/t27-,28+,30+/m1/s1. The third-order valence-corrected chi connectivity index (χ3v) is 7.17. The van der Waals surface area contributed by atoms with Gasteiger partial charge in [0.2, 0.25) is 11.8 Å². The number of hydrogen-bond acceptors (Lipinski definition) is 3. The zero-order valence-corrected chi connectivity index (χ0v) is 22.1. The molecule has 0 radical (unpaired) electrons. The van der Waals surface area contributed by atoms with Gasteiger partial charge < -0.3 is 10.2 Å². The summed E-state index contributed by atoms with van der Waals surface area (Å²) in [5.41, 5.74) is 5.90. The second-order valence-electron chi connectivity index (χ2n) is 10.3. The molecule has 1 aliphatic rings. The molecule has 4 rings (SSSR count). The number of halogens is 1. The lowest BCUT2D eigenvalue weighted by molar-refractivity contribution is -0.138. The molecule has 6 heteroatoms. The minimum atomic E-state index is -1.22. The summed E-state index contributed by atoms with van der Waals surface area (Å²) in [6.45, 7) is 8.08. The lowest BCUT2D eigenvalue weighted by atomic mass is 9.95. The Balaban J connectivity index is 1.50. The predicted molar refractivity (Wildman–Crippen MR) is 144 cm³/mol. The van der Waals surface area contributed by atoms with E-state index in [1.54, 1.807) is 0 Å². The summed E-state index contributed by atoms with van der Waals surface area (Å²) >= 11 is 0. The van der Waals surface area contributed by atoms with E-state index in [9.17, 15) is 14.0 Å². The summed E-state index contributed by atoms with van der Waals surface area (Å²) in [4.78, 5) is 32.5. The molecule has 1 aromatic heterocycles. The number of aryl methyl sites for hydroxylation is 3. The van der Waals surface area contributed by atoms with Crippen molar-refractivity contribution < 1.29 is 14.0 Å². The molecule has 2 heterocycles. The Morgan fingerprint density at radius 1 is 0.973 bits per heavy atom. The molecule has 0 saturated carbocycles. The average molecular weight is 502 g/mol. The first-order valence-electron chi connectivity index (χ1n) is 13.0. The van der Waals surface area contributed by atoms with Crippen molar-refractivity contribution in [2.75, 3.05) is 6.54 Å².